The Kier molecular flexibility index (Phi) is 5.13. The van der Waals surface area contributed by atoms with E-state index < -0.39 is 0 Å². The molecule has 2 heterocycles. The number of aromatic amines is 1. The van der Waals surface area contributed by atoms with Gasteiger partial charge in [0.25, 0.3) is 0 Å². The van der Waals surface area contributed by atoms with Crippen LogP contribution in [0.5, 0.6) is 0 Å². The number of piperidine rings is 1. The number of hydrogen-bond acceptors (Lipinski definition) is 4. The summed E-state index contributed by atoms with van der Waals surface area (Å²) >= 11 is 0. The van der Waals surface area contributed by atoms with Crippen LogP contribution in [0.15, 0.2) is 6.07 Å². The largest absolute Gasteiger partial charge is 0.449 e. The van der Waals surface area contributed by atoms with Crippen molar-refractivity contribution in [1.82, 2.24) is 20.4 Å². The van der Waals surface area contributed by atoms with Gasteiger partial charge in [-0.05, 0) is 63.1 Å². The van der Waals surface area contributed by atoms with Crippen molar-refractivity contribution < 1.29 is 9.53 Å². The van der Waals surface area contributed by atoms with Gasteiger partial charge in [0.05, 0.1) is 12.3 Å². The second-order valence-corrected chi connectivity index (χ2v) is 8.06. The van der Waals surface area contributed by atoms with Crippen LogP contribution in [-0.2, 0) is 11.3 Å². The number of aryl methyl sites for hydroxylation is 1. The molecule has 0 aromatic carbocycles. The lowest BCUT2D eigenvalue weighted by Crippen LogP contribution is -2.54. The Morgan fingerprint density at radius 1 is 1.46 bits per heavy atom. The minimum absolute atomic E-state index is 0.255. The number of nitrogens with one attached hydrogen (secondary N) is 2. The summed E-state index contributed by atoms with van der Waals surface area (Å²) in [4.78, 5) is 14.2. The Morgan fingerprint density at radius 2 is 2.17 bits per heavy atom. The molecule has 0 atom stereocenters. The van der Waals surface area contributed by atoms with Crippen molar-refractivity contribution in [1.29, 1.82) is 0 Å². The maximum atomic E-state index is 11.7. The molecule has 1 aliphatic carbocycles. The Bertz CT molecular complexity index is 553. The van der Waals surface area contributed by atoms with Gasteiger partial charge in [0.2, 0.25) is 0 Å². The first-order valence-electron chi connectivity index (χ1n) is 9.11. The van der Waals surface area contributed by atoms with E-state index in [4.69, 9.17) is 4.74 Å². The molecule has 134 valence electrons. The minimum Gasteiger partial charge on any atom is -0.449 e. The van der Waals surface area contributed by atoms with Crippen LogP contribution in [0.25, 0.3) is 0 Å². The average Bonchev–Trinajstić information content (AvgIpc) is 2.91. The van der Waals surface area contributed by atoms with Gasteiger partial charge in [0, 0.05) is 18.3 Å². The topological polar surface area (TPSA) is 70.2 Å². The summed E-state index contributed by atoms with van der Waals surface area (Å²) < 4.78 is 5.20. The number of carbonyl (C=O) groups excluding carboxylic acids is 1. The first-order chi connectivity index (χ1) is 11.4. The Hall–Kier alpha value is -1.56. The smallest absolute Gasteiger partial charge is 0.407 e. The van der Waals surface area contributed by atoms with Crippen LogP contribution in [0.3, 0.4) is 0 Å². The van der Waals surface area contributed by atoms with E-state index in [0.717, 1.165) is 43.9 Å². The summed E-state index contributed by atoms with van der Waals surface area (Å²) in [5.41, 5.74) is 2.69. The standard InChI is InChI=1S/C18H30N4O2/c1-13(2)12-24-17(23)19-16-9-18(10-16)4-6-22(7-5-18)11-15-8-14(3)20-21-15/h8,13,16H,4-7,9-12H2,1-3H3,(H,19,23)(H,20,21). The number of amides is 1. The van der Waals surface area contributed by atoms with Crippen molar-refractivity contribution in [2.75, 3.05) is 19.7 Å². The Balaban J connectivity index is 1.36. The molecule has 2 N–H and O–H groups in total. The third kappa shape index (κ3) is 4.29. The number of likely N-dealkylation sites (tertiary alicyclic amines) is 1. The monoisotopic (exact) mass is 334 g/mol. The molecule has 6 heteroatoms. The molecule has 2 aliphatic rings. The van der Waals surface area contributed by atoms with Crippen LogP contribution in [-0.4, -0.2) is 46.9 Å². The lowest BCUT2D eigenvalue weighted by Gasteiger charge is -2.52. The number of carbonyl (C=O) groups is 1. The van der Waals surface area contributed by atoms with Crippen molar-refractivity contribution >= 4 is 6.09 Å². The Labute approximate surface area is 144 Å². The predicted molar refractivity (Wildman–Crippen MR) is 92.6 cm³/mol. The second kappa shape index (κ2) is 7.13. The lowest BCUT2D eigenvalue weighted by molar-refractivity contribution is 0.00259. The van der Waals surface area contributed by atoms with Gasteiger partial charge in [0.1, 0.15) is 0 Å². The summed E-state index contributed by atoms with van der Waals surface area (Å²) in [5.74, 6) is 0.381. The third-order valence-corrected chi connectivity index (χ3v) is 5.29. The van der Waals surface area contributed by atoms with Crippen LogP contribution in [0.2, 0.25) is 0 Å². The quantitative estimate of drug-likeness (QED) is 0.869. The molecule has 0 bridgehead atoms. The van der Waals surface area contributed by atoms with E-state index >= 15 is 0 Å². The fourth-order valence-electron chi connectivity index (χ4n) is 3.92. The molecule has 1 saturated heterocycles. The number of aromatic nitrogens is 2. The van der Waals surface area contributed by atoms with E-state index in [2.05, 4.69) is 26.5 Å². The van der Waals surface area contributed by atoms with E-state index in [1.54, 1.807) is 0 Å². The molecule has 1 spiro atoms. The molecular formula is C18H30N4O2. The molecule has 3 rings (SSSR count). The van der Waals surface area contributed by atoms with E-state index in [-0.39, 0.29) is 6.09 Å². The molecule has 1 aliphatic heterocycles. The van der Waals surface area contributed by atoms with Gasteiger partial charge in [-0.25, -0.2) is 4.79 Å². The predicted octanol–water partition coefficient (Wildman–Crippen LogP) is 2.84. The molecule has 1 saturated carbocycles. The van der Waals surface area contributed by atoms with Crippen molar-refractivity contribution in [3.8, 4) is 0 Å². The average molecular weight is 334 g/mol. The van der Waals surface area contributed by atoms with Crippen molar-refractivity contribution in [3.05, 3.63) is 17.5 Å². The maximum absolute atomic E-state index is 11.7. The molecule has 2 fully saturated rings. The number of hydrogen-bond donors (Lipinski definition) is 2. The van der Waals surface area contributed by atoms with Crippen LogP contribution >= 0.6 is 0 Å². The van der Waals surface area contributed by atoms with E-state index in [9.17, 15) is 4.79 Å². The van der Waals surface area contributed by atoms with Crippen molar-refractivity contribution in [3.63, 3.8) is 0 Å². The van der Waals surface area contributed by atoms with Gasteiger partial charge in [-0.3, -0.25) is 10.00 Å². The van der Waals surface area contributed by atoms with Gasteiger partial charge in [0.15, 0.2) is 0 Å². The number of rotatable bonds is 5. The summed E-state index contributed by atoms with van der Waals surface area (Å²) in [6, 6.07) is 2.42. The van der Waals surface area contributed by atoms with Crippen molar-refractivity contribution in [2.45, 2.75) is 59.0 Å². The van der Waals surface area contributed by atoms with Crippen LogP contribution < -0.4 is 5.32 Å². The van der Waals surface area contributed by atoms with Gasteiger partial charge in [-0.2, -0.15) is 5.10 Å². The number of H-pyrrole nitrogens is 1. The molecule has 6 nitrogen and oxygen atoms in total. The highest BCUT2D eigenvalue weighted by atomic mass is 16.5. The van der Waals surface area contributed by atoms with Crippen LogP contribution in [0.1, 0.15) is 50.9 Å². The van der Waals surface area contributed by atoms with Gasteiger partial charge in [-0.15, -0.1) is 0 Å². The minimum atomic E-state index is -0.255. The highest BCUT2D eigenvalue weighted by Crippen LogP contribution is 2.49. The second-order valence-electron chi connectivity index (χ2n) is 8.06. The third-order valence-electron chi connectivity index (χ3n) is 5.29. The van der Waals surface area contributed by atoms with Crippen LogP contribution in [0, 0.1) is 18.3 Å². The highest BCUT2D eigenvalue weighted by molar-refractivity contribution is 5.67. The molecule has 0 unspecified atom stereocenters. The lowest BCUT2D eigenvalue weighted by atomic mass is 9.60. The molecule has 24 heavy (non-hydrogen) atoms. The number of alkyl carbamates (subject to hydrolysis) is 1. The zero-order valence-corrected chi connectivity index (χ0v) is 15.1. The van der Waals surface area contributed by atoms with Gasteiger partial charge in [-0.1, -0.05) is 13.8 Å². The maximum Gasteiger partial charge on any atom is 0.407 e. The Morgan fingerprint density at radius 3 is 2.75 bits per heavy atom. The number of ether oxygens (including phenoxy) is 1. The number of nitrogens with zero attached hydrogens (tertiary/aromatic N) is 2. The summed E-state index contributed by atoms with van der Waals surface area (Å²) in [6.07, 6.45) is 4.37. The van der Waals surface area contributed by atoms with Gasteiger partial charge >= 0.3 is 6.09 Å². The molecule has 1 aromatic rings. The van der Waals surface area contributed by atoms with Gasteiger partial charge < -0.3 is 10.1 Å². The molecular weight excluding hydrogens is 304 g/mol. The normalized spacial score (nSPS) is 21.0. The summed E-state index contributed by atoms with van der Waals surface area (Å²) in [6.45, 7) is 9.80. The zero-order chi connectivity index (χ0) is 17.2. The first kappa shape index (κ1) is 17.3. The first-order valence-corrected chi connectivity index (χ1v) is 9.11. The van der Waals surface area contributed by atoms with E-state index in [0.29, 0.717) is 24.0 Å². The molecule has 0 radical (unpaired) electrons. The van der Waals surface area contributed by atoms with Crippen molar-refractivity contribution in [2.24, 2.45) is 11.3 Å². The van der Waals surface area contributed by atoms with Crippen LogP contribution in [0.4, 0.5) is 4.79 Å². The van der Waals surface area contributed by atoms with E-state index in [1.807, 2.05) is 20.8 Å². The summed E-state index contributed by atoms with van der Waals surface area (Å²) in [7, 11) is 0. The highest BCUT2D eigenvalue weighted by Gasteiger charge is 2.46. The molecule has 1 aromatic heterocycles. The summed E-state index contributed by atoms with van der Waals surface area (Å²) in [5, 5.41) is 10.3. The molecule has 1 amide bonds. The fourth-order valence-corrected chi connectivity index (χ4v) is 3.92. The SMILES string of the molecule is Cc1cc(CN2CCC3(CC2)CC(NC(=O)OCC(C)C)C3)n[nH]1. The van der Waals surface area contributed by atoms with E-state index in [1.165, 1.54) is 12.8 Å². The fraction of sp³-hybridized carbons (Fsp3) is 0.778. The zero-order valence-electron chi connectivity index (χ0n) is 15.1.